The molecule has 0 aliphatic carbocycles. The first-order valence-corrected chi connectivity index (χ1v) is 4.97. The summed E-state index contributed by atoms with van der Waals surface area (Å²) in [4.78, 5) is 10.2. The van der Waals surface area contributed by atoms with Crippen LogP contribution in [0.3, 0.4) is 0 Å². The fourth-order valence-corrected chi connectivity index (χ4v) is 1.27. The van der Waals surface area contributed by atoms with Crippen molar-refractivity contribution >= 4 is 5.69 Å². The van der Waals surface area contributed by atoms with E-state index < -0.39 is 4.92 Å². The van der Waals surface area contributed by atoms with Gasteiger partial charge in [-0.3, -0.25) is 10.1 Å². The van der Waals surface area contributed by atoms with Crippen LogP contribution in [0.1, 0.15) is 19.4 Å². The van der Waals surface area contributed by atoms with Gasteiger partial charge in [0.1, 0.15) is 0 Å². The number of hydrogen-bond acceptors (Lipinski definition) is 4. The molecule has 0 aliphatic rings. The third-order valence-corrected chi connectivity index (χ3v) is 1.96. The van der Waals surface area contributed by atoms with Gasteiger partial charge in [-0.15, -0.1) is 0 Å². The van der Waals surface area contributed by atoms with E-state index in [4.69, 9.17) is 9.47 Å². The quantitative estimate of drug-likeness (QED) is 0.588. The van der Waals surface area contributed by atoms with Gasteiger partial charge in [-0.25, -0.2) is 0 Å². The van der Waals surface area contributed by atoms with E-state index in [1.165, 1.54) is 26.4 Å². The lowest BCUT2D eigenvalue weighted by molar-refractivity contribution is -0.385. The lowest BCUT2D eigenvalue weighted by atomic mass is 10.1. The minimum atomic E-state index is -0.447. The normalized spacial score (nSPS) is 8.81. The monoisotopic (exact) mass is 227 g/mol. The summed E-state index contributed by atoms with van der Waals surface area (Å²) < 4.78 is 10.0. The predicted molar refractivity (Wildman–Crippen MR) is 62.3 cm³/mol. The number of hydrogen-bond donors (Lipinski definition) is 0. The van der Waals surface area contributed by atoms with Gasteiger partial charge in [-0.1, -0.05) is 13.8 Å². The number of methoxy groups -OCH3 is 2. The van der Waals surface area contributed by atoms with Crippen LogP contribution in [0.4, 0.5) is 5.69 Å². The van der Waals surface area contributed by atoms with Crippen molar-refractivity contribution < 1.29 is 14.4 Å². The first kappa shape index (κ1) is 14.2. The minimum absolute atomic E-state index is 0.0302. The Morgan fingerprint density at radius 3 is 2.12 bits per heavy atom. The van der Waals surface area contributed by atoms with Crippen LogP contribution in [-0.4, -0.2) is 19.1 Å². The standard InChI is InChI=1S/C9H11NO4.C2H6/c1-6-7(10(11)12)4-5-8(13-2)9(6)14-3;1-2/h4-5H,1-3H3;1-2H3. The Kier molecular flexibility index (Phi) is 5.92. The zero-order chi connectivity index (χ0) is 12.7. The number of nitrogens with zero attached hydrogens (tertiary/aromatic N) is 1. The molecule has 90 valence electrons. The number of ether oxygens (including phenoxy) is 2. The maximum Gasteiger partial charge on any atom is 0.276 e. The smallest absolute Gasteiger partial charge is 0.276 e. The molecule has 16 heavy (non-hydrogen) atoms. The summed E-state index contributed by atoms with van der Waals surface area (Å²) in [6.45, 7) is 5.62. The number of nitro groups is 1. The minimum Gasteiger partial charge on any atom is -0.493 e. The second kappa shape index (κ2) is 6.66. The molecule has 1 rings (SSSR count). The first-order chi connectivity index (χ1) is 7.61. The van der Waals surface area contributed by atoms with E-state index in [-0.39, 0.29) is 5.69 Å². The first-order valence-electron chi connectivity index (χ1n) is 4.97. The summed E-state index contributed by atoms with van der Waals surface area (Å²) in [5.74, 6) is 0.900. The summed E-state index contributed by atoms with van der Waals surface area (Å²) in [6, 6.07) is 2.92. The van der Waals surface area contributed by atoms with Crippen LogP contribution < -0.4 is 9.47 Å². The summed E-state index contributed by atoms with van der Waals surface area (Å²) in [6.07, 6.45) is 0. The molecule has 5 nitrogen and oxygen atoms in total. The molecule has 0 N–H and O–H groups in total. The zero-order valence-corrected chi connectivity index (χ0v) is 10.2. The second-order valence-electron chi connectivity index (χ2n) is 2.70. The molecule has 0 aliphatic heterocycles. The Hall–Kier alpha value is -1.78. The number of nitro benzene ring substituents is 1. The Bertz CT molecular complexity index is 363. The Balaban J connectivity index is 0.00000106. The van der Waals surface area contributed by atoms with Gasteiger partial charge in [0, 0.05) is 6.07 Å². The summed E-state index contributed by atoms with van der Waals surface area (Å²) in [5.41, 5.74) is 0.500. The average molecular weight is 227 g/mol. The molecule has 5 heteroatoms. The van der Waals surface area contributed by atoms with Gasteiger partial charge in [0.15, 0.2) is 11.5 Å². The molecule has 0 radical (unpaired) electrons. The summed E-state index contributed by atoms with van der Waals surface area (Å²) >= 11 is 0. The fraction of sp³-hybridized carbons (Fsp3) is 0.455. The van der Waals surface area contributed by atoms with Crippen LogP contribution in [-0.2, 0) is 0 Å². The Morgan fingerprint density at radius 2 is 1.75 bits per heavy atom. The fourth-order valence-electron chi connectivity index (χ4n) is 1.27. The van der Waals surface area contributed by atoms with Crippen LogP contribution >= 0.6 is 0 Å². The molecule has 0 amide bonds. The van der Waals surface area contributed by atoms with E-state index in [2.05, 4.69) is 0 Å². The lowest BCUT2D eigenvalue weighted by Gasteiger charge is -2.09. The van der Waals surface area contributed by atoms with E-state index in [0.717, 1.165) is 0 Å². The van der Waals surface area contributed by atoms with Crippen LogP contribution in [0.5, 0.6) is 11.5 Å². The van der Waals surface area contributed by atoms with E-state index in [1.807, 2.05) is 13.8 Å². The van der Waals surface area contributed by atoms with Gasteiger partial charge >= 0.3 is 0 Å². The van der Waals surface area contributed by atoms with E-state index in [1.54, 1.807) is 6.92 Å². The van der Waals surface area contributed by atoms with Crippen molar-refractivity contribution in [3.63, 3.8) is 0 Å². The zero-order valence-electron chi connectivity index (χ0n) is 10.2. The summed E-state index contributed by atoms with van der Waals surface area (Å²) in [5, 5.41) is 10.6. The molecule has 1 aromatic rings. The lowest BCUT2D eigenvalue weighted by Crippen LogP contribution is -1.97. The molecule has 0 spiro atoms. The molecule has 1 aromatic carbocycles. The maximum atomic E-state index is 10.6. The third kappa shape index (κ3) is 2.85. The van der Waals surface area contributed by atoms with Crippen molar-refractivity contribution in [2.45, 2.75) is 20.8 Å². The van der Waals surface area contributed by atoms with Gasteiger partial charge in [-0.05, 0) is 13.0 Å². The maximum absolute atomic E-state index is 10.6. The SMILES string of the molecule is CC.COc1ccc([N+](=O)[O-])c(C)c1OC. The van der Waals surface area contributed by atoms with Crippen LogP contribution in [0.15, 0.2) is 12.1 Å². The highest BCUT2D eigenvalue weighted by Crippen LogP contribution is 2.35. The Labute approximate surface area is 95.1 Å². The molecular formula is C11H17NO4. The highest BCUT2D eigenvalue weighted by molar-refractivity contribution is 5.56. The molecule has 0 saturated carbocycles. The predicted octanol–water partition coefficient (Wildman–Crippen LogP) is 2.95. The molecule has 0 heterocycles. The molecule has 0 bridgehead atoms. The van der Waals surface area contributed by atoms with Crippen LogP contribution in [0.25, 0.3) is 0 Å². The number of benzene rings is 1. The molecule has 0 saturated heterocycles. The van der Waals surface area contributed by atoms with Crippen LogP contribution in [0.2, 0.25) is 0 Å². The second-order valence-corrected chi connectivity index (χ2v) is 2.70. The topological polar surface area (TPSA) is 61.6 Å². The molecule has 0 atom stereocenters. The molecular weight excluding hydrogens is 210 g/mol. The highest BCUT2D eigenvalue weighted by Gasteiger charge is 2.18. The third-order valence-electron chi connectivity index (χ3n) is 1.96. The summed E-state index contributed by atoms with van der Waals surface area (Å²) in [7, 11) is 2.94. The van der Waals surface area contributed by atoms with E-state index in [0.29, 0.717) is 17.1 Å². The average Bonchev–Trinajstić information content (AvgIpc) is 2.30. The Morgan fingerprint density at radius 1 is 1.19 bits per heavy atom. The van der Waals surface area contributed by atoms with Crippen molar-refractivity contribution in [2.75, 3.05) is 14.2 Å². The van der Waals surface area contributed by atoms with Gasteiger partial charge in [0.25, 0.3) is 5.69 Å². The largest absolute Gasteiger partial charge is 0.493 e. The van der Waals surface area contributed by atoms with E-state index in [9.17, 15) is 10.1 Å². The van der Waals surface area contributed by atoms with Crippen LogP contribution in [0, 0.1) is 17.0 Å². The van der Waals surface area contributed by atoms with Crippen molar-refractivity contribution in [1.82, 2.24) is 0 Å². The molecule has 0 fully saturated rings. The van der Waals surface area contributed by atoms with Gasteiger partial charge in [-0.2, -0.15) is 0 Å². The van der Waals surface area contributed by atoms with Gasteiger partial charge in [0.2, 0.25) is 0 Å². The van der Waals surface area contributed by atoms with Gasteiger partial charge in [0.05, 0.1) is 24.7 Å². The van der Waals surface area contributed by atoms with Crippen molar-refractivity contribution in [3.05, 3.63) is 27.8 Å². The van der Waals surface area contributed by atoms with Crippen molar-refractivity contribution in [2.24, 2.45) is 0 Å². The highest BCUT2D eigenvalue weighted by atomic mass is 16.6. The van der Waals surface area contributed by atoms with E-state index >= 15 is 0 Å². The molecule has 0 unspecified atom stereocenters. The number of rotatable bonds is 3. The van der Waals surface area contributed by atoms with Crippen molar-refractivity contribution in [3.8, 4) is 11.5 Å². The molecule has 0 aromatic heterocycles. The van der Waals surface area contributed by atoms with Crippen molar-refractivity contribution in [1.29, 1.82) is 0 Å². The van der Waals surface area contributed by atoms with Gasteiger partial charge < -0.3 is 9.47 Å².